The molecule has 2 rings (SSSR count). The fraction of sp³-hybridized carbons (Fsp3) is 0.500. The van der Waals surface area contributed by atoms with Crippen LogP contribution in [0.15, 0.2) is 24.3 Å². The zero-order chi connectivity index (χ0) is 13.2. The van der Waals surface area contributed by atoms with Crippen molar-refractivity contribution in [1.29, 1.82) is 0 Å². The SMILES string of the molecule is CCc1nc2ccccc2n1CCC(C)(O)CN. The summed E-state index contributed by atoms with van der Waals surface area (Å²) in [6.07, 6.45) is 1.52. The molecule has 1 atom stereocenters. The van der Waals surface area contributed by atoms with Crippen LogP contribution in [0.3, 0.4) is 0 Å². The Morgan fingerprint density at radius 3 is 2.78 bits per heavy atom. The highest BCUT2D eigenvalue weighted by atomic mass is 16.3. The number of hydrogen-bond donors (Lipinski definition) is 2. The maximum atomic E-state index is 10.00. The molecule has 1 heterocycles. The molecule has 0 radical (unpaired) electrons. The van der Waals surface area contributed by atoms with Crippen LogP contribution in [0.1, 0.15) is 26.1 Å². The van der Waals surface area contributed by atoms with Crippen molar-refractivity contribution in [2.45, 2.75) is 38.8 Å². The summed E-state index contributed by atoms with van der Waals surface area (Å²) in [4.78, 5) is 4.61. The first-order chi connectivity index (χ1) is 8.57. The molecule has 0 aliphatic rings. The first-order valence-electron chi connectivity index (χ1n) is 6.44. The van der Waals surface area contributed by atoms with Gasteiger partial charge in [-0.2, -0.15) is 0 Å². The molecule has 4 heteroatoms. The lowest BCUT2D eigenvalue weighted by Gasteiger charge is -2.21. The third kappa shape index (κ3) is 2.54. The molecule has 0 amide bonds. The monoisotopic (exact) mass is 247 g/mol. The fourth-order valence-corrected chi connectivity index (χ4v) is 2.10. The van der Waals surface area contributed by atoms with Crippen LogP contribution in [0.2, 0.25) is 0 Å². The van der Waals surface area contributed by atoms with Gasteiger partial charge in [0, 0.05) is 19.5 Å². The lowest BCUT2D eigenvalue weighted by atomic mass is 10.0. The summed E-state index contributed by atoms with van der Waals surface area (Å²) in [6, 6.07) is 8.10. The van der Waals surface area contributed by atoms with Gasteiger partial charge in [-0.05, 0) is 25.5 Å². The molecule has 0 aliphatic heterocycles. The van der Waals surface area contributed by atoms with Gasteiger partial charge in [-0.1, -0.05) is 19.1 Å². The highest BCUT2D eigenvalue weighted by Crippen LogP contribution is 2.19. The van der Waals surface area contributed by atoms with Crippen LogP contribution in [-0.4, -0.2) is 26.8 Å². The van der Waals surface area contributed by atoms with Crippen molar-refractivity contribution in [1.82, 2.24) is 9.55 Å². The van der Waals surface area contributed by atoms with Crippen molar-refractivity contribution in [3.8, 4) is 0 Å². The zero-order valence-corrected chi connectivity index (χ0v) is 11.1. The Hall–Kier alpha value is -1.39. The van der Waals surface area contributed by atoms with E-state index in [1.54, 1.807) is 6.92 Å². The Balaban J connectivity index is 2.31. The second-order valence-corrected chi connectivity index (χ2v) is 4.97. The van der Waals surface area contributed by atoms with E-state index >= 15 is 0 Å². The van der Waals surface area contributed by atoms with E-state index in [1.807, 2.05) is 18.2 Å². The Kier molecular flexibility index (Phi) is 3.68. The Morgan fingerprint density at radius 1 is 1.39 bits per heavy atom. The van der Waals surface area contributed by atoms with Crippen LogP contribution in [0.25, 0.3) is 11.0 Å². The molecule has 1 aromatic carbocycles. The van der Waals surface area contributed by atoms with Gasteiger partial charge in [0.05, 0.1) is 16.6 Å². The van der Waals surface area contributed by atoms with Crippen LogP contribution in [0, 0.1) is 0 Å². The number of aryl methyl sites for hydroxylation is 2. The van der Waals surface area contributed by atoms with Crippen molar-refractivity contribution < 1.29 is 5.11 Å². The number of aromatic nitrogens is 2. The van der Waals surface area contributed by atoms with E-state index < -0.39 is 5.60 Å². The largest absolute Gasteiger partial charge is 0.389 e. The van der Waals surface area contributed by atoms with Gasteiger partial charge in [0.1, 0.15) is 5.82 Å². The van der Waals surface area contributed by atoms with E-state index in [1.165, 1.54) is 0 Å². The molecule has 3 N–H and O–H groups in total. The third-order valence-corrected chi connectivity index (χ3v) is 3.36. The smallest absolute Gasteiger partial charge is 0.109 e. The standard InChI is InChI=1S/C14H21N3O/c1-3-13-16-11-6-4-5-7-12(11)17(13)9-8-14(2,18)10-15/h4-7,18H,3,8-10,15H2,1-2H3. The van der Waals surface area contributed by atoms with E-state index in [2.05, 4.69) is 22.5 Å². The van der Waals surface area contributed by atoms with Gasteiger partial charge in [-0.3, -0.25) is 0 Å². The van der Waals surface area contributed by atoms with Gasteiger partial charge in [0.2, 0.25) is 0 Å². The summed E-state index contributed by atoms with van der Waals surface area (Å²) in [5.74, 6) is 1.06. The molecule has 0 bridgehead atoms. The highest BCUT2D eigenvalue weighted by molar-refractivity contribution is 5.75. The van der Waals surface area contributed by atoms with Crippen LogP contribution < -0.4 is 5.73 Å². The number of nitrogens with two attached hydrogens (primary N) is 1. The van der Waals surface area contributed by atoms with E-state index in [-0.39, 0.29) is 6.54 Å². The van der Waals surface area contributed by atoms with Crippen LogP contribution in [-0.2, 0) is 13.0 Å². The maximum absolute atomic E-state index is 10.00. The molecule has 0 saturated carbocycles. The van der Waals surface area contributed by atoms with Gasteiger partial charge < -0.3 is 15.4 Å². The van der Waals surface area contributed by atoms with Crippen LogP contribution in [0.4, 0.5) is 0 Å². The second kappa shape index (κ2) is 5.08. The number of imidazole rings is 1. The molecule has 2 aromatic rings. The number of hydrogen-bond acceptors (Lipinski definition) is 3. The number of fused-ring (bicyclic) bond motifs is 1. The average molecular weight is 247 g/mol. The highest BCUT2D eigenvalue weighted by Gasteiger charge is 2.19. The molecule has 98 valence electrons. The van der Waals surface area contributed by atoms with Gasteiger partial charge in [-0.15, -0.1) is 0 Å². The quantitative estimate of drug-likeness (QED) is 0.845. The molecular formula is C14H21N3O. The van der Waals surface area contributed by atoms with Crippen LogP contribution >= 0.6 is 0 Å². The molecule has 0 saturated heterocycles. The average Bonchev–Trinajstić information content (AvgIpc) is 2.74. The predicted molar refractivity (Wildman–Crippen MR) is 73.4 cm³/mol. The maximum Gasteiger partial charge on any atom is 0.109 e. The van der Waals surface area contributed by atoms with Crippen molar-refractivity contribution in [2.75, 3.05) is 6.54 Å². The van der Waals surface area contributed by atoms with E-state index in [4.69, 9.17) is 5.73 Å². The molecule has 18 heavy (non-hydrogen) atoms. The molecule has 4 nitrogen and oxygen atoms in total. The summed E-state index contributed by atoms with van der Waals surface area (Å²) in [6.45, 7) is 4.89. The second-order valence-electron chi connectivity index (χ2n) is 4.97. The number of para-hydroxylation sites is 2. The minimum Gasteiger partial charge on any atom is -0.389 e. The Bertz CT molecular complexity index is 531. The molecule has 1 unspecified atom stereocenters. The van der Waals surface area contributed by atoms with Gasteiger partial charge in [0.15, 0.2) is 0 Å². The predicted octanol–water partition coefficient (Wildman–Crippen LogP) is 1.70. The summed E-state index contributed by atoms with van der Waals surface area (Å²) in [5, 5.41) is 10.00. The third-order valence-electron chi connectivity index (χ3n) is 3.36. The number of rotatable bonds is 5. The molecule has 0 aliphatic carbocycles. The van der Waals surface area contributed by atoms with E-state index in [9.17, 15) is 5.11 Å². The minimum atomic E-state index is -0.809. The zero-order valence-electron chi connectivity index (χ0n) is 11.1. The Labute approximate surface area is 107 Å². The van der Waals surface area contributed by atoms with Crippen molar-refractivity contribution in [3.05, 3.63) is 30.1 Å². The van der Waals surface area contributed by atoms with E-state index in [0.29, 0.717) is 6.42 Å². The van der Waals surface area contributed by atoms with Gasteiger partial charge in [-0.25, -0.2) is 4.98 Å². The van der Waals surface area contributed by atoms with E-state index in [0.717, 1.165) is 29.8 Å². The lowest BCUT2D eigenvalue weighted by molar-refractivity contribution is 0.0555. The lowest BCUT2D eigenvalue weighted by Crippen LogP contribution is -2.35. The minimum absolute atomic E-state index is 0.279. The van der Waals surface area contributed by atoms with Gasteiger partial charge >= 0.3 is 0 Å². The Morgan fingerprint density at radius 2 is 2.11 bits per heavy atom. The summed E-state index contributed by atoms with van der Waals surface area (Å²) in [7, 11) is 0. The van der Waals surface area contributed by atoms with Crippen molar-refractivity contribution >= 4 is 11.0 Å². The number of nitrogens with zero attached hydrogens (tertiary/aromatic N) is 2. The number of aliphatic hydroxyl groups is 1. The number of benzene rings is 1. The normalized spacial score (nSPS) is 14.9. The van der Waals surface area contributed by atoms with Crippen molar-refractivity contribution in [3.63, 3.8) is 0 Å². The molecule has 0 spiro atoms. The summed E-state index contributed by atoms with van der Waals surface area (Å²) < 4.78 is 2.18. The van der Waals surface area contributed by atoms with Gasteiger partial charge in [0.25, 0.3) is 0 Å². The molecule has 0 fully saturated rings. The van der Waals surface area contributed by atoms with Crippen molar-refractivity contribution in [2.24, 2.45) is 5.73 Å². The topological polar surface area (TPSA) is 64.1 Å². The molecular weight excluding hydrogens is 226 g/mol. The first kappa shape index (κ1) is 13.1. The summed E-state index contributed by atoms with van der Waals surface area (Å²) >= 11 is 0. The fourth-order valence-electron chi connectivity index (χ4n) is 2.10. The van der Waals surface area contributed by atoms with Crippen LogP contribution in [0.5, 0.6) is 0 Å². The first-order valence-corrected chi connectivity index (χ1v) is 6.44. The summed E-state index contributed by atoms with van der Waals surface area (Å²) in [5.41, 5.74) is 6.89. The molecule has 1 aromatic heterocycles.